The normalized spacial score (nSPS) is 10.7. The van der Waals surface area contributed by atoms with E-state index in [1.54, 1.807) is 12.1 Å². The van der Waals surface area contributed by atoms with Crippen molar-refractivity contribution in [1.82, 2.24) is 9.78 Å². The van der Waals surface area contributed by atoms with Gasteiger partial charge in [-0.3, -0.25) is 4.68 Å². The van der Waals surface area contributed by atoms with Gasteiger partial charge in [-0.1, -0.05) is 13.3 Å². The molecule has 0 unspecified atom stereocenters. The van der Waals surface area contributed by atoms with Gasteiger partial charge in [0.1, 0.15) is 17.1 Å². The first-order valence-corrected chi connectivity index (χ1v) is 7.00. The largest absolute Gasteiger partial charge is 0.465 e. The second-order valence-corrected chi connectivity index (χ2v) is 4.88. The van der Waals surface area contributed by atoms with Crippen molar-refractivity contribution < 1.29 is 13.9 Å². The van der Waals surface area contributed by atoms with Gasteiger partial charge in [-0.25, -0.2) is 9.18 Å². The smallest absolute Gasteiger partial charge is 0.342 e. The number of benzene rings is 1. The molecule has 0 aliphatic rings. The molecule has 112 valence electrons. The standard InChI is InChI=1S/C16H19FN2O2/c1-4-5-10-19-11(2)14(16(20)21-3)15(18-19)12-6-8-13(17)9-7-12/h6-9H,4-5,10H2,1-3H3. The molecule has 4 nitrogen and oxygen atoms in total. The summed E-state index contributed by atoms with van der Waals surface area (Å²) in [6, 6.07) is 5.95. The number of esters is 1. The zero-order chi connectivity index (χ0) is 15.4. The highest BCUT2D eigenvalue weighted by molar-refractivity contribution is 5.97. The molecule has 0 spiro atoms. The van der Waals surface area contributed by atoms with Crippen LogP contribution in [0.1, 0.15) is 35.8 Å². The fourth-order valence-corrected chi connectivity index (χ4v) is 2.23. The molecule has 1 aromatic heterocycles. The minimum atomic E-state index is -0.422. The first-order valence-electron chi connectivity index (χ1n) is 7.00. The zero-order valence-corrected chi connectivity index (χ0v) is 12.5. The summed E-state index contributed by atoms with van der Waals surface area (Å²) in [6.07, 6.45) is 2.02. The molecule has 0 fully saturated rings. The molecule has 0 saturated carbocycles. The summed E-state index contributed by atoms with van der Waals surface area (Å²) in [7, 11) is 1.35. The van der Waals surface area contributed by atoms with Crippen molar-refractivity contribution in [3.8, 4) is 11.3 Å². The SMILES string of the molecule is CCCCn1nc(-c2ccc(F)cc2)c(C(=O)OC)c1C. The van der Waals surface area contributed by atoms with Crippen LogP contribution in [0.3, 0.4) is 0 Å². The molecule has 0 atom stereocenters. The summed E-state index contributed by atoms with van der Waals surface area (Å²) < 4.78 is 19.7. The number of aryl methyl sites for hydroxylation is 1. The van der Waals surface area contributed by atoms with E-state index in [2.05, 4.69) is 12.0 Å². The lowest BCUT2D eigenvalue weighted by atomic mass is 10.1. The van der Waals surface area contributed by atoms with E-state index in [0.29, 0.717) is 16.8 Å². The van der Waals surface area contributed by atoms with Crippen LogP contribution in [-0.2, 0) is 11.3 Å². The molecule has 0 aliphatic heterocycles. The summed E-state index contributed by atoms with van der Waals surface area (Å²) in [6.45, 7) is 4.69. The molecule has 0 bridgehead atoms. The van der Waals surface area contributed by atoms with Crippen molar-refractivity contribution in [3.05, 3.63) is 41.3 Å². The third kappa shape index (κ3) is 3.12. The van der Waals surface area contributed by atoms with E-state index in [4.69, 9.17) is 4.74 Å². The highest BCUT2D eigenvalue weighted by Gasteiger charge is 2.22. The maximum Gasteiger partial charge on any atom is 0.342 e. The number of methoxy groups -OCH3 is 1. The van der Waals surface area contributed by atoms with Gasteiger partial charge in [-0.2, -0.15) is 5.10 Å². The summed E-state index contributed by atoms with van der Waals surface area (Å²) in [5, 5.41) is 4.51. The highest BCUT2D eigenvalue weighted by Crippen LogP contribution is 2.26. The van der Waals surface area contributed by atoms with E-state index in [-0.39, 0.29) is 5.82 Å². The lowest BCUT2D eigenvalue weighted by Gasteiger charge is -2.03. The first kappa shape index (κ1) is 15.2. The number of hydrogen-bond donors (Lipinski definition) is 0. The molecule has 5 heteroatoms. The molecule has 2 rings (SSSR count). The van der Waals surface area contributed by atoms with Crippen LogP contribution in [0.15, 0.2) is 24.3 Å². The predicted octanol–water partition coefficient (Wildman–Crippen LogP) is 3.58. The van der Waals surface area contributed by atoms with Crippen LogP contribution in [0, 0.1) is 12.7 Å². The number of carbonyl (C=O) groups excluding carboxylic acids is 1. The highest BCUT2D eigenvalue weighted by atomic mass is 19.1. The minimum Gasteiger partial charge on any atom is -0.465 e. The predicted molar refractivity (Wildman–Crippen MR) is 78.6 cm³/mol. The number of halogens is 1. The number of ether oxygens (including phenoxy) is 1. The third-order valence-electron chi connectivity index (χ3n) is 3.44. The topological polar surface area (TPSA) is 44.1 Å². The monoisotopic (exact) mass is 290 g/mol. The Bertz CT molecular complexity index is 632. The van der Waals surface area contributed by atoms with Crippen molar-refractivity contribution in [3.63, 3.8) is 0 Å². The maximum atomic E-state index is 13.1. The Labute approximate surface area is 123 Å². The van der Waals surface area contributed by atoms with Crippen molar-refractivity contribution in [1.29, 1.82) is 0 Å². The van der Waals surface area contributed by atoms with E-state index in [1.165, 1.54) is 19.2 Å². The Morgan fingerprint density at radius 2 is 2.00 bits per heavy atom. The van der Waals surface area contributed by atoms with Crippen LogP contribution in [0.25, 0.3) is 11.3 Å². The second kappa shape index (κ2) is 6.52. The average molecular weight is 290 g/mol. The Morgan fingerprint density at radius 1 is 1.33 bits per heavy atom. The van der Waals surface area contributed by atoms with Crippen LogP contribution in [0.4, 0.5) is 4.39 Å². The summed E-state index contributed by atoms with van der Waals surface area (Å²) in [5.74, 6) is -0.741. The van der Waals surface area contributed by atoms with E-state index in [1.807, 2.05) is 11.6 Å². The van der Waals surface area contributed by atoms with E-state index in [9.17, 15) is 9.18 Å². The van der Waals surface area contributed by atoms with Crippen molar-refractivity contribution >= 4 is 5.97 Å². The van der Waals surface area contributed by atoms with Crippen molar-refractivity contribution in [2.24, 2.45) is 0 Å². The van der Waals surface area contributed by atoms with Gasteiger partial charge in [-0.15, -0.1) is 0 Å². The molecule has 0 radical (unpaired) electrons. The number of hydrogen-bond acceptors (Lipinski definition) is 3. The molecule has 0 saturated heterocycles. The Balaban J connectivity index is 2.52. The molecule has 2 aromatic rings. The summed E-state index contributed by atoms with van der Waals surface area (Å²) in [4.78, 5) is 12.0. The van der Waals surface area contributed by atoms with Gasteiger partial charge in [0.15, 0.2) is 0 Å². The van der Waals surface area contributed by atoms with Gasteiger partial charge in [0, 0.05) is 12.1 Å². The molecule has 0 amide bonds. The molecular formula is C16H19FN2O2. The average Bonchev–Trinajstić information content (AvgIpc) is 2.82. The van der Waals surface area contributed by atoms with Gasteiger partial charge >= 0.3 is 5.97 Å². The van der Waals surface area contributed by atoms with Gasteiger partial charge in [0.05, 0.1) is 12.8 Å². The Hall–Kier alpha value is -2.17. The lowest BCUT2D eigenvalue weighted by molar-refractivity contribution is 0.0600. The van der Waals surface area contributed by atoms with Crippen LogP contribution >= 0.6 is 0 Å². The van der Waals surface area contributed by atoms with Gasteiger partial charge in [-0.05, 0) is 37.6 Å². The van der Waals surface area contributed by atoms with E-state index in [0.717, 1.165) is 25.1 Å². The third-order valence-corrected chi connectivity index (χ3v) is 3.44. The molecule has 1 heterocycles. The number of aromatic nitrogens is 2. The molecule has 0 N–H and O–H groups in total. The number of unbranched alkanes of at least 4 members (excludes halogenated alkanes) is 1. The fraction of sp³-hybridized carbons (Fsp3) is 0.375. The molecule has 0 aliphatic carbocycles. The van der Waals surface area contributed by atoms with Crippen LogP contribution < -0.4 is 0 Å². The zero-order valence-electron chi connectivity index (χ0n) is 12.5. The van der Waals surface area contributed by atoms with Crippen LogP contribution in [0.2, 0.25) is 0 Å². The second-order valence-electron chi connectivity index (χ2n) is 4.88. The lowest BCUT2D eigenvalue weighted by Crippen LogP contribution is -2.06. The van der Waals surface area contributed by atoms with Crippen molar-refractivity contribution in [2.75, 3.05) is 7.11 Å². The number of nitrogens with zero attached hydrogens (tertiary/aromatic N) is 2. The van der Waals surface area contributed by atoms with Crippen molar-refractivity contribution in [2.45, 2.75) is 33.2 Å². The van der Waals surface area contributed by atoms with Gasteiger partial charge in [0.25, 0.3) is 0 Å². The summed E-state index contributed by atoms with van der Waals surface area (Å²) in [5.41, 5.74) is 2.46. The molecule has 21 heavy (non-hydrogen) atoms. The van der Waals surface area contributed by atoms with Gasteiger partial charge in [0.2, 0.25) is 0 Å². The maximum absolute atomic E-state index is 13.1. The quantitative estimate of drug-likeness (QED) is 0.790. The van der Waals surface area contributed by atoms with Gasteiger partial charge < -0.3 is 4.74 Å². The Kier molecular flexibility index (Phi) is 4.73. The first-order chi connectivity index (χ1) is 10.1. The Morgan fingerprint density at radius 3 is 2.57 bits per heavy atom. The number of carbonyl (C=O) groups is 1. The summed E-state index contributed by atoms with van der Waals surface area (Å²) >= 11 is 0. The molecule has 1 aromatic carbocycles. The van der Waals surface area contributed by atoms with Crippen LogP contribution in [-0.4, -0.2) is 22.9 Å². The van der Waals surface area contributed by atoms with E-state index < -0.39 is 5.97 Å². The molecular weight excluding hydrogens is 271 g/mol. The fourth-order valence-electron chi connectivity index (χ4n) is 2.23. The number of rotatable bonds is 5. The van der Waals surface area contributed by atoms with Crippen LogP contribution in [0.5, 0.6) is 0 Å². The minimum absolute atomic E-state index is 0.319. The van der Waals surface area contributed by atoms with E-state index >= 15 is 0 Å².